The normalized spacial score (nSPS) is 15.3. The molecule has 1 heterocycles. The van der Waals surface area contributed by atoms with E-state index in [0.29, 0.717) is 25.7 Å². The third-order valence-corrected chi connectivity index (χ3v) is 5.31. The first kappa shape index (κ1) is 24.6. The van der Waals surface area contributed by atoms with Crippen molar-refractivity contribution in [1.29, 1.82) is 0 Å². The maximum atomic E-state index is 10.1. The topological polar surface area (TPSA) is 70.0 Å². The zero-order valence-corrected chi connectivity index (χ0v) is 20.2. The van der Waals surface area contributed by atoms with Gasteiger partial charge in [0.15, 0.2) is 5.96 Å². The molecule has 1 aliphatic carbocycles. The molecule has 27 heavy (non-hydrogen) atoms. The van der Waals surface area contributed by atoms with E-state index in [4.69, 9.17) is 9.72 Å². The zero-order chi connectivity index (χ0) is 18.9. The average Bonchev–Trinajstić information content (AvgIpc) is 3.00. The Bertz CT molecular complexity index is 557. The summed E-state index contributed by atoms with van der Waals surface area (Å²) >= 11 is 1.83. The van der Waals surface area contributed by atoms with Gasteiger partial charge in [0.25, 0.3) is 0 Å². The van der Waals surface area contributed by atoms with E-state index in [2.05, 4.69) is 29.1 Å². The van der Waals surface area contributed by atoms with Crippen LogP contribution < -0.4 is 5.32 Å². The molecular formula is C19H35IN4O2S. The van der Waals surface area contributed by atoms with Crippen LogP contribution in [0.25, 0.3) is 0 Å². The molecule has 0 aliphatic heterocycles. The number of aliphatic imine (C=N–C) groups is 1. The number of ether oxygens (including phenoxy) is 1. The molecule has 0 spiro atoms. The number of hydrogen-bond acceptors (Lipinski definition) is 5. The van der Waals surface area contributed by atoms with Crippen molar-refractivity contribution in [2.45, 2.75) is 59.1 Å². The van der Waals surface area contributed by atoms with Crippen molar-refractivity contribution in [3.8, 4) is 0 Å². The lowest BCUT2D eigenvalue weighted by Gasteiger charge is -2.21. The number of aryl methyl sites for hydroxylation is 2. The van der Waals surface area contributed by atoms with Crippen molar-refractivity contribution in [2.75, 3.05) is 33.4 Å². The van der Waals surface area contributed by atoms with E-state index in [9.17, 15) is 5.11 Å². The minimum absolute atomic E-state index is 0. The second-order valence-corrected chi connectivity index (χ2v) is 8.49. The third-order valence-electron chi connectivity index (χ3n) is 4.17. The quantitative estimate of drug-likeness (QED) is 0.304. The van der Waals surface area contributed by atoms with Crippen LogP contribution in [0.5, 0.6) is 0 Å². The molecule has 0 bridgehead atoms. The lowest BCUT2D eigenvalue weighted by atomic mass is 10.0. The molecule has 0 saturated heterocycles. The monoisotopic (exact) mass is 510 g/mol. The molecule has 0 saturated carbocycles. The van der Waals surface area contributed by atoms with Crippen molar-refractivity contribution in [1.82, 2.24) is 15.2 Å². The van der Waals surface area contributed by atoms with E-state index in [-0.39, 0.29) is 24.0 Å². The molecule has 0 radical (unpaired) electrons. The van der Waals surface area contributed by atoms with Crippen LogP contribution >= 0.6 is 35.3 Å². The van der Waals surface area contributed by atoms with Gasteiger partial charge >= 0.3 is 0 Å². The number of aliphatic hydroxyl groups excluding tert-OH is 1. The molecular weight excluding hydrogens is 475 g/mol. The van der Waals surface area contributed by atoms with Gasteiger partial charge in [-0.3, -0.25) is 4.99 Å². The van der Waals surface area contributed by atoms with Gasteiger partial charge in [-0.25, -0.2) is 4.98 Å². The van der Waals surface area contributed by atoms with Gasteiger partial charge in [-0.05, 0) is 38.5 Å². The minimum atomic E-state index is -0.581. The van der Waals surface area contributed by atoms with Crippen molar-refractivity contribution in [3.05, 3.63) is 15.6 Å². The van der Waals surface area contributed by atoms with Gasteiger partial charge in [0.1, 0.15) is 5.01 Å². The first-order valence-corrected chi connectivity index (χ1v) is 10.5. The van der Waals surface area contributed by atoms with Gasteiger partial charge in [0.2, 0.25) is 0 Å². The molecule has 0 aromatic carbocycles. The Morgan fingerprint density at radius 3 is 2.74 bits per heavy atom. The summed E-state index contributed by atoms with van der Waals surface area (Å²) in [5, 5.41) is 14.5. The molecule has 2 rings (SSSR count). The van der Waals surface area contributed by atoms with Crippen LogP contribution in [-0.2, 0) is 24.1 Å². The van der Waals surface area contributed by atoms with Gasteiger partial charge in [-0.2, -0.15) is 0 Å². The van der Waals surface area contributed by atoms with E-state index in [1.807, 2.05) is 25.3 Å². The summed E-state index contributed by atoms with van der Waals surface area (Å²) in [6.45, 7) is 9.09. The molecule has 1 atom stereocenters. The molecule has 1 unspecified atom stereocenters. The highest BCUT2D eigenvalue weighted by Gasteiger charge is 2.17. The van der Waals surface area contributed by atoms with Crippen molar-refractivity contribution >= 4 is 41.3 Å². The average molecular weight is 510 g/mol. The molecule has 1 aromatic rings. The third kappa shape index (κ3) is 8.62. The molecule has 1 aliphatic rings. The van der Waals surface area contributed by atoms with Gasteiger partial charge in [-0.15, -0.1) is 35.3 Å². The van der Waals surface area contributed by atoms with Crippen LogP contribution in [0.2, 0.25) is 0 Å². The Kier molecular flexibility index (Phi) is 11.7. The number of nitrogens with zero attached hydrogens (tertiary/aromatic N) is 3. The van der Waals surface area contributed by atoms with Crippen molar-refractivity contribution in [3.63, 3.8) is 0 Å². The molecule has 0 fully saturated rings. The lowest BCUT2D eigenvalue weighted by molar-refractivity contribution is 0.0300. The van der Waals surface area contributed by atoms with E-state index in [0.717, 1.165) is 30.5 Å². The predicted molar refractivity (Wildman–Crippen MR) is 123 cm³/mol. The highest BCUT2D eigenvalue weighted by molar-refractivity contribution is 14.0. The molecule has 2 N–H and O–H groups in total. The maximum absolute atomic E-state index is 10.1. The number of rotatable bonds is 9. The molecule has 1 aromatic heterocycles. The molecule has 156 valence electrons. The maximum Gasteiger partial charge on any atom is 0.194 e. The second kappa shape index (κ2) is 12.9. The van der Waals surface area contributed by atoms with Gasteiger partial charge in [0, 0.05) is 25.1 Å². The molecule has 0 amide bonds. The van der Waals surface area contributed by atoms with E-state index >= 15 is 0 Å². The van der Waals surface area contributed by atoms with Crippen LogP contribution in [0.1, 0.15) is 49.2 Å². The fourth-order valence-electron chi connectivity index (χ4n) is 2.90. The first-order valence-electron chi connectivity index (χ1n) is 9.72. The number of thiazole rings is 1. The zero-order valence-electron chi connectivity index (χ0n) is 17.0. The molecule has 6 nitrogen and oxygen atoms in total. The SMILES string of the molecule is CCNC(=NCC(O)COCC(C)C)N(C)Cc1nc2c(s1)CCCC2.I. The predicted octanol–water partition coefficient (Wildman–Crippen LogP) is 3.07. The van der Waals surface area contributed by atoms with Crippen LogP contribution in [0, 0.1) is 5.92 Å². The standard InChI is InChI=1S/C19H34N4O2S.HI/c1-5-20-19(21-10-15(24)13-25-12-14(2)3)23(4)11-18-22-16-8-6-7-9-17(16)26-18;/h14-15,24H,5-13H2,1-4H3,(H,20,21);1H. The summed E-state index contributed by atoms with van der Waals surface area (Å²) in [5.74, 6) is 1.27. The summed E-state index contributed by atoms with van der Waals surface area (Å²) in [5.41, 5.74) is 1.30. The van der Waals surface area contributed by atoms with E-state index in [1.165, 1.54) is 29.8 Å². The van der Waals surface area contributed by atoms with Crippen molar-refractivity contribution < 1.29 is 9.84 Å². The minimum Gasteiger partial charge on any atom is -0.389 e. The number of hydrogen-bond donors (Lipinski definition) is 2. The van der Waals surface area contributed by atoms with E-state index < -0.39 is 6.10 Å². The molecule has 8 heteroatoms. The fraction of sp³-hybridized carbons (Fsp3) is 0.789. The Hall–Kier alpha value is -0.450. The smallest absolute Gasteiger partial charge is 0.194 e. The highest BCUT2D eigenvalue weighted by atomic mass is 127. The van der Waals surface area contributed by atoms with Gasteiger partial charge < -0.3 is 20.1 Å². The summed E-state index contributed by atoms with van der Waals surface area (Å²) in [6, 6.07) is 0. The number of fused-ring (bicyclic) bond motifs is 1. The fourth-order valence-corrected chi connectivity index (χ4v) is 4.12. The first-order chi connectivity index (χ1) is 12.5. The van der Waals surface area contributed by atoms with Gasteiger partial charge in [-0.1, -0.05) is 13.8 Å². The van der Waals surface area contributed by atoms with Crippen LogP contribution in [0.4, 0.5) is 0 Å². The number of aromatic nitrogens is 1. The number of nitrogens with one attached hydrogen (secondary N) is 1. The second-order valence-electron chi connectivity index (χ2n) is 7.32. The number of aliphatic hydroxyl groups is 1. The number of guanidine groups is 1. The Labute approximate surface area is 184 Å². The van der Waals surface area contributed by atoms with Crippen LogP contribution in [0.3, 0.4) is 0 Å². The van der Waals surface area contributed by atoms with Crippen LogP contribution in [0.15, 0.2) is 4.99 Å². The lowest BCUT2D eigenvalue weighted by Crippen LogP contribution is -2.39. The summed E-state index contributed by atoms with van der Waals surface area (Å²) < 4.78 is 5.49. The Balaban J connectivity index is 0.00000364. The number of halogens is 1. The van der Waals surface area contributed by atoms with Gasteiger partial charge in [0.05, 0.1) is 31.5 Å². The largest absolute Gasteiger partial charge is 0.389 e. The van der Waals surface area contributed by atoms with Crippen molar-refractivity contribution in [2.24, 2.45) is 10.9 Å². The summed E-state index contributed by atoms with van der Waals surface area (Å²) in [6.07, 6.45) is 4.25. The Morgan fingerprint density at radius 2 is 2.07 bits per heavy atom. The summed E-state index contributed by atoms with van der Waals surface area (Å²) in [4.78, 5) is 12.9. The highest BCUT2D eigenvalue weighted by Crippen LogP contribution is 2.27. The van der Waals surface area contributed by atoms with E-state index in [1.54, 1.807) is 0 Å². The Morgan fingerprint density at radius 1 is 1.33 bits per heavy atom. The summed E-state index contributed by atoms with van der Waals surface area (Å²) in [7, 11) is 2.02. The van der Waals surface area contributed by atoms with Crippen LogP contribution in [-0.4, -0.2) is 60.4 Å².